The normalized spacial score (nSPS) is 10.0. The molecule has 0 aliphatic carbocycles. The number of aryl methyl sites for hydroxylation is 1. The Kier molecular flexibility index (Phi) is 6.83. The lowest BCUT2D eigenvalue weighted by atomic mass is 10.1. The largest absolute Gasteiger partial charge is 0.497 e. The molecule has 0 heterocycles. The van der Waals surface area contributed by atoms with E-state index in [-0.39, 0.29) is 18.2 Å². The second-order valence-electron chi connectivity index (χ2n) is 5.50. The molecule has 0 aromatic heterocycles. The molecule has 2 aromatic rings. The topological polar surface area (TPSA) is 76.7 Å². The Balaban J connectivity index is 1.63. The van der Waals surface area contributed by atoms with E-state index in [0.717, 1.165) is 11.3 Å². The van der Waals surface area contributed by atoms with Crippen LogP contribution < -0.4 is 20.3 Å². The van der Waals surface area contributed by atoms with Gasteiger partial charge in [-0.25, -0.2) is 0 Å². The van der Waals surface area contributed by atoms with Gasteiger partial charge >= 0.3 is 0 Å². The Bertz CT molecular complexity index is 696. The lowest BCUT2D eigenvalue weighted by Gasteiger charge is -2.09. The highest BCUT2D eigenvalue weighted by Gasteiger charge is 2.07. The van der Waals surface area contributed by atoms with Crippen molar-refractivity contribution in [2.24, 2.45) is 0 Å². The van der Waals surface area contributed by atoms with E-state index in [9.17, 15) is 9.59 Å². The SMILES string of the molecule is COc1ccc(OCCCC(=O)NNC(=O)c2ccc(C)cc2)cc1. The second kappa shape index (κ2) is 9.32. The summed E-state index contributed by atoms with van der Waals surface area (Å²) in [5.74, 6) is 0.867. The zero-order chi connectivity index (χ0) is 18.1. The standard InChI is InChI=1S/C19H22N2O4/c1-14-5-7-15(8-6-14)19(23)21-20-18(22)4-3-13-25-17-11-9-16(24-2)10-12-17/h5-12H,3-4,13H2,1-2H3,(H,20,22)(H,21,23). The van der Waals surface area contributed by atoms with Crippen LogP contribution in [0.1, 0.15) is 28.8 Å². The van der Waals surface area contributed by atoms with Crippen molar-refractivity contribution in [3.63, 3.8) is 0 Å². The number of nitrogens with one attached hydrogen (secondary N) is 2. The Morgan fingerprint density at radius 1 is 0.920 bits per heavy atom. The molecule has 132 valence electrons. The van der Waals surface area contributed by atoms with E-state index >= 15 is 0 Å². The van der Waals surface area contributed by atoms with E-state index in [1.165, 1.54) is 0 Å². The number of benzene rings is 2. The van der Waals surface area contributed by atoms with Crippen molar-refractivity contribution >= 4 is 11.8 Å². The average Bonchev–Trinajstić information content (AvgIpc) is 2.64. The summed E-state index contributed by atoms with van der Waals surface area (Å²) < 4.78 is 10.6. The quantitative estimate of drug-likeness (QED) is 0.599. The van der Waals surface area contributed by atoms with E-state index in [4.69, 9.17) is 9.47 Å². The summed E-state index contributed by atoms with van der Waals surface area (Å²) in [6.07, 6.45) is 0.794. The molecule has 2 amide bonds. The maximum atomic E-state index is 11.9. The van der Waals surface area contributed by atoms with Gasteiger partial charge in [0.05, 0.1) is 13.7 Å². The summed E-state index contributed by atoms with van der Waals surface area (Å²) in [6.45, 7) is 2.35. The highest BCUT2D eigenvalue weighted by Crippen LogP contribution is 2.17. The van der Waals surface area contributed by atoms with Gasteiger partial charge in [-0.1, -0.05) is 17.7 Å². The fourth-order valence-corrected chi connectivity index (χ4v) is 2.06. The fourth-order valence-electron chi connectivity index (χ4n) is 2.06. The maximum Gasteiger partial charge on any atom is 0.269 e. The third-order valence-corrected chi connectivity index (χ3v) is 3.51. The Hall–Kier alpha value is -3.02. The predicted molar refractivity (Wildman–Crippen MR) is 94.5 cm³/mol. The number of amides is 2. The van der Waals surface area contributed by atoms with Gasteiger partial charge in [-0.15, -0.1) is 0 Å². The Labute approximate surface area is 147 Å². The van der Waals surface area contributed by atoms with Crippen LogP contribution in [0.15, 0.2) is 48.5 Å². The minimum atomic E-state index is -0.345. The molecule has 0 atom stereocenters. The zero-order valence-electron chi connectivity index (χ0n) is 14.4. The van der Waals surface area contributed by atoms with E-state index in [2.05, 4.69) is 10.9 Å². The lowest BCUT2D eigenvalue weighted by Crippen LogP contribution is -2.41. The molecule has 6 heteroatoms. The molecule has 2 rings (SSSR count). The van der Waals surface area contributed by atoms with Crippen LogP contribution in [0.4, 0.5) is 0 Å². The van der Waals surface area contributed by atoms with Crippen LogP contribution in [0.2, 0.25) is 0 Å². The molecule has 2 N–H and O–H groups in total. The minimum Gasteiger partial charge on any atom is -0.497 e. The Morgan fingerprint density at radius 2 is 1.56 bits per heavy atom. The molecule has 0 unspecified atom stereocenters. The van der Waals surface area contributed by atoms with Crippen molar-refractivity contribution in [2.75, 3.05) is 13.7 Å². The van der Waals surface area contributed by atoms with Gasteiger partial charge in [0, 0.05) is 12.0 Å². The summed E-state index contributed by atoms with van der Waals surface area (Å²) in [6, 6.07) is 14.3. The first kappa shape index (κ1) is 18.3. The van der Waals surface area contributed by atoms with Crippen LogP contribution in [0.5, 0.6) is 11.5 Å². The van der Waals surface area contributed by atoms with Gasteiger partial charge in [-0.05, 0) is 49.7 Å². The third-order valence-electron chi connectivity index (χ3n) is 3.51. The molecule has 0 fully saturated rings. The number of hydrogen-bond acceptors (Lipinski definition) is 4. The first-order chi connectivity index (χ1) is 12.1. The van der Waals surface area contributed by atoms with Crippen LogP contribution in [0.3, 0.4) is 0 Å². The van der Waals surface area contributed by atoms with E-state index < -0.39 is 0 Å². The molecule has 6 nitrogen and oxygen atoms in total. The number of rotatable bonds is 7. The van der Waals surface area contributed by atoms with Crippen molar-refractivity contribution in [3.05, 3.63) is 59.7 Å². The Morgan fingerprint density at radius 3 is 2.20 bits per heavy atom. The number of ether oxygens (including phenoxy) is 2. The molecule has 0 aliphatic heterocycles. The van der Waals surface area contributed by atoms with E-state index in [0.29, 0.717) is 24.3 Å². The summed E-state index contributed by atoms with van der Waals surface area (Å²) in [5.41, 5.74) is 6.36. The van der Waals surface area contributed by atoms with Crippen molar-refractivity contribution in [2.45, 2.75) is 19.8 Å². The van der Waals surface area contributed by atoms with Gasteiger partial charge in [0.1, 0.15) is 11.5 Å². The van der Waals surface area contributed by atoms with Gasteiger partial charge in [-0.2, -0.15) is 0 Å². The minimum absolute atomic E-state index is 0.254. The number of methoxy groups -OCH3 is 1. The van der Waals surface area contributed by atoms with Crippen molar-refractivity contribution in [3.8, 4) is 11.5 Å². The van der Waals surface area contributed by atoms with Crippen LogP contribution in [-0.2, 0) is 4.79 Å². The molecular weight excluding hydrogens is 320 g/mol. The molecule has 0 spiro atoms. The zero-order valence-corrected chi connectivity index (χ0v) is 14.4. The number of hydrogen-bond donors (Lipinski definition) is 2. The smallest absolute Gasteiger partial charge is 0.269 e. The van der Waals surface area contributed by atoms with Crippen molar-refractivity contribution < 1.29 is 19.1 Å². The van der Waals surface area contributed by atoms with E-state index in [1.54, 1.807) is 31.4 Å². The molecule has 0 radical (unpaired) electrons. The van der Waals surface area contributed by atoms with E-state index in [1.807, 2.05) is 31.2 Å². The molecule has 0 aliphatic rings. The van der Waals surface area contributed by atoms with Gasteiger partial charge in [0.2, 0.25) is 5.91 Å². The van der Waals surface area contributed by atoms with Crippen LogP contribution in [0.25, 0.3) is 0 Å². The lowest BCUT2D eigenvalue weighted by molar-refractivity contribution is -0.122. The molecule has 2 aromatic carbocycles. The molecule has 0 saturated carbocycles. The second-order valence-corrected chi connectivity index (χ2v) is 5.50. The van der Waals surface area contributed by atoms with Gasteiger partial charge in [-0.3, -0.25) is 20.4 Å². The maximum absolute atomic E-state index is 11.9. The monoisotopic (exact) mass is 342 g/mol. The highest BCUT2D eigenvalue weighted by atomic mass is 16.5. The summed E-state index contributed by atoms with van der Waals surface area (Å²) in [7, 11) is 1.60. The molecule has 0 bridgehead atoms. The molecular formula is C19H22N2O4. The summed E-state index contributed by atoms with van der Waals surface area (Å²) in [4.78, 5) is 23.6. The molecule has 25 heavy (non-hydrogen) atoms. The number of carbonyl (C=O) groups excluding carboxylic acids is 2. The van der Waals surface area contributed by atoms with Crippen LogP contribution >= 0.6 is 0 Å². The van der Waals surface area contributed by atoms with Crippen LogP contribution in [-0.4, -0.2) is 25.5 Å². The van der Waals surface area contributed by atoms with Gasteiger partial charge in [0.15, 0.2) is 0 Å². The van der Waals surface area contributed by atoms with Crippen molar-refractivity contribution in [1.82, 2.24) is 10.9 Å². The van der Waals surface area contributed by atoms with Gasteiger partial charge < -0.3 is 9.47 Å². The average molecular weight is 342 g/mol. The third kappa shape index (κ3) is 6.18. The summed E-state index contributed by atoms with van der Waals surface area (Å²) >= 11 is 0. The first-order valence-corrected chi connectivity index (χ1v) is 8.01. The predicted octanol–water partition coefficient (Wildman–Crippen LogP) is 2.62. The highest BCUT2D eigenvalue weighted by molar-refractivity contribution is 5.95. The summed E-state index contributed by atoms with van der Waals surface area (Å²) in [5, 5.41) is 0. The van der Waals surface area contributed by atoms with Crippen LogP contribution in [0, 0.1) is 6.92 Å². The number of hydrazine groups is 1. The van der Waals surface area contributed by atoms with Crippen molar-refractivity contribution in [1.29, 1.82) is 0 Å². The molecule has 0 saturated heterocycles. The first-order valence-electron chi connectivity index (χ1n) is 8.01. The number of carbonyl (C=O) groups is 2. The van der Waals surface area contributed by atoms with Gasteiger partial charge in [0.25, 0.3) is 5.91 Å². The fraction of sp³-hybridized carbons (Fsp3) is 0.263.